The maximum absolute atomic E-state index is 13.1. The lowest BCUT2D eigenvalue weighted by atomic mass is 10.1. The monoisotopic (exact) mass is 450 g/mol. The van der Waals surface area contributed by atoms with Crippen molar-refractivity contribution in [3.8, 4) is 0 Å². The van der Waals surface area contributed by atoms with Gasteiger partial charge in [-0.05, 0) is 30.5 Å². The van der Waals surface area contributed by atoms with Crippen LogP contribution < -0.4 is 16.0 Å². The molecule has 0 saturated carbocycles. The summed E-state index contributed by atoms with van der Waals surface area (Å²) in [6.07, 6.45) is 0.176. The van der Waals surface area contributed by atoms with Crippen LogP contribution in [-0.2, 0) is 11.2 Å². The van der Waals surface area contributed by atoms with Gasteiger partial charge in [0.05, 0.1) is 6.42 Å². The first-order valence-electron chi connectivity index (χ1n) is 7.90. The topological polar surface area (TPSA) is 65.5 Å². The van der Waals surface area contributed by atoms with E-state index in [0.717, 1.165) is 0 Å². The van der Waals surface area contributed by atoms with Crippen molar-refractivity contribution in [3.05, 3.63) is 35.6 Å². The molecule has 1 aromatic rings. The smallest absolute Gasteiger partial charge is 0.224 e. The molecular formula is C17H28FIN4O. The minimum atomic E-state index is -0.328. The van der Waals surface area contributed by atoms with Crippen LogP contribution in [0.3, 0.4) is 0 Å². The Morgan fingerprint density at radius 2 is 1.88 bits per heavy atom. The van der Waals surface area contributed by atoms with Crippen LogP contribution in [0, 0.1) is 11.7 Å². The molecule has 3 N–H and O–H groups in total. The highest BCUT2D eigenvalue weighted by molar-refractivity contribution is 14.0. The van der Waals surface area contributed by atoms with Gasteiger partial charge in [-0.15, -0.1) is 24.0 Å². The van der Waals surface area contributed by atoms with Gasteiger partial charge in [-0.2, -0.15) is 0 Å². The molecule has 0 aliphatic carbocycles. The Kier molecular flexibility index (Phi) is 11.4. The molecule has 0 aliphatic heterocycles. The number of hydrogen-bond donors (Lipinski definition) is 3. The maximum Gasteiger partial charge on any atom is 0.224 e. The van der Waals surface area contributed by atoms with Crippen LogP contribution in [-0.4, -0.2) is 38.0 Å². The van der Waals surface area contributed by atoms with Crippen LogP contribution in [0.15, 0.2) is 29.3 Å². The van der Waals surface area contributed by atoms with Gasteiger partial charge in [0.1, 0.15) is 5.82 Å². The number of carbonyl (C=O) groups excluding carboxylic acids is 1. The SMILES string of the molecule is CN=C(NCCNC(=O)Cc1cccc(F)c1)NC(C)C(C)C.I. The minimum Gasteiger partial charge on any atom is -0.355 e. The molecule has 1 amide bonds. The van der Waals surface area contributed by atoms with Crippen LogP contribution >= 0.6 is 24.0 Å². The molecule has 24 heavy (non-hydrogen) atoms. The predicted molar refractivity (Wildman–Crippen MR) is 107 cm³/mol. The van der Waals surface area contributed by atoms with Crippen LogP contribution in [0.2, 0.25) is 0 Å². The molecule has 0 aromatic heterocycles. The van der Waals surface area contributed by atoms with E-state index in [-0.39, 0.29) is 42.1 Å². The molecule has 0 heterocycles. The quantitative estimate of drug-likeness (QED) is 0.259. The van der Waals surface area contributed by atoms with Crippen LogP contribution in [0.5, 0.6) is 0 Å². The Labute approximate surface area is 160 Å². The van der Waals surface area contributed by atoms with Gasteiger partial charge in [0.15, 0.2) is 5.96 Å². The van der Waals surface area contributed by atoms with E-state index in [1.165, 1.54) is 12.1 Å². The van der Waals surface area contributed by atoms with E-state index in [1.807, 2.05) is 0 Å². The van der Waals surface area contributed by atoms with Crippen LogP contribution in [0.25, 0.3) is 0 Å². The van der Waals surface area contributed by atoms with Crippen molar-refractivity contribution in [2.45, 2.75) is 33.2 Å². The van der Waals surface area contributed by atoms with Crippen molar-refractivity contribution in [3.63, 3.8) is 0 Å². The summed E-state index contributed by atoms with van der Waals surface area (Å²) in [5, 5.41) is 9.23. The number of nitrogens with zero attached hydrogens (tertiary/aromatic N) is 1. The molecular weight excluding hydrogens is 422 g/mol. The molecule has 1 rings (SSSR count). The van der Waals surface area contributed by atoms with Crippen molar-refractivity contribution in [2.75, 3.05) is 20.1 Å². The van der Waals surface area contributed by atoms with Gasteiger partial charge in [-0.1, -0.05) is 26.0 Å². The zero-order chi connectivity index (χ0) is 17.2. The molecule has 1 aromatic carbocycles. The summed E-state index contributed by atoms with van der Waals surface area (Å²) in [6.45, 7) is 7.41. The number of carbonyl (C=O) groups is 1. The average Bonchev–Trinajstić information content (AvgIpc) is 2.49. The molecule has 0 saturated heterocycles. The van der Waals surface area contributed by atoms with Gasteiger partial charge < -0.3 is 16.0 Å². The first-order chi connectivity index (χ1) is 10.9. The summed E-state index contributed by atoms with van der Waals surface area (Å²) >= 11 is 0. The lowest BCUT2D eigenvalue weighted by molar-refractivity contribution is -0.120. The second-order valence-corrected chi connectivity index (χ2v) is 5.83. The maximum atomic E-state index is 13.1. The van der Waals surface area contributed by atoms with E-state index in [0.29, 0.717) is 36.6 Å². The summed E-state index contributed by atoms with van der Waals surface area (Å²) in [5.41, 5.74) is 0.665. The third-order valence-corrected chi connectivity index (χ3v) is 3.58. The fourth-order valence-corrected chi connectivity index (χ4v) is 1.85. The predicted octanol–water partition coefficient (Wildman–Crippen LogP) is 2.31. The highest BCUT2D eigenvalue weighted by atomic mass is 127. The largest absolute Gasteiger partial charge is 0.355 e. The van der Waals surface area contributed by atoms with Gasteiger partial charge in [-0.3, -0.25) is 9.79 Å². The highest BCUT2D eigenvalue weighted by Crippen LogP contribution is 2.03. The highest BCUT2D eigenvalue weighted by Gasteiger charge is 2.08. The molecule has 1 atom stereocenters. The molecule has 1 unspecified atom stereocenters. The first kappa shape index (κ1) is 22.6. The number of guanidine groups is 1. The number of benzene rings is 1. The zero-order valence-electron chi connectivity index (χ0n) is 14.7. The Balaban J connectivity index is 0.00000529. The standard InChI is InChI=1S/C17H27FN4O.HI/c1-12(2)13(3)22-17(19-4)21-9-8-20-16(23)11-14-6-5-7-15(18)10-14;/h5-7,10,12-13H,8-9,11H2,1-4H3,(H,20,23)(H2,19,21,22);1H. The molecule has 136 valence electrons. The fraction of sp³-hybridized carbons (Fsp3) is 0.529. The zero-order valence-corrected chi connectivity index (χ0v) is 17.1. The van der Waals surface area contributed by atoms with Crippen molar-refractivity contribution in [2.24, 2.45) is 10.9 Å². The average molecular weight is 450 g/mol. The van der Waals surface area contributed by atoms with Gasteiger partial charge in [0.25, 0.3) is 0 Å². The normalized spacial score (nSPS) is 12.3. The van der Waals surface area contributed by atoms with Crippen LogP contribution in [0.1, 0.15) is 26.3 Å². The molecule has 0 bridgehead atoms. The number of rotatable bonds is 7. The van der Waals surface area contributed by atoms with E-state index < -0.39 is 0 Å². The Bertz CT molecular complexity index is 537. The van der Waals surface area contributed by atoms with E-state index in [2.05, 4.69) is 41.7 Å². The summed E-state index contributed by atoms with van der Waals surface area (Å²) < 4.78 is 13.1. The minimum absolute atomic E-state index is 0. The lowest BCUT2D eigenvalue weighted by Gasteiger charge is -2.20. The second-order valence-electron chi connectivity index (χ2n) is 5.83. The van der Waals surface area contributed by atoms with Crippen LogP contribution in [0.4, 0.5) is 4.39 Å². The molecule has 0 aliphatic rings. The Morgan fingerprint density at radius 3 is 2.46 bits per heavy atom. The van der Waals surface area contributed by atoms with E-state index in [9.17, 15) is 9.18 Å². The van der Waals surface area contributed by atoms with Gasteiger partial charge in [0, 0.05) is 26.2 Å². The van der Waals surface area contributed by atoms with Gasteiger partial charge in [0.2, 0.25) is 5.91 Å². The third-order valence-electron chi connectivity index (χ3n) is 3.58. The lowest BCUT2D eigenvalue weighted by Crippen LogP contribution is -2.46. The van der Waals surface area contributed by atoms with E-state index in [1.54, 1.807) is 19.2 Å². The molecule has 0 spiro atoms. The molecule has 0 fully saturated rings. The number of hydrogen-bond acceptors (Lipinski definition) is 2. The summed E-state index contributed by atoms with van der Waals surface area (Å²) in [4.78, 5) is 15.9. The number of amides is 1. The first-order valence-corrected chi connectivity index (χ1v) is 7.90. The Hall–Kier alpha value is -1.38. The third kappa shape index (κ3) is 9.05. The summed E-state index contributed by atoms with van der Waals surface area (Å²) in [7, 11) is 1.71. The Morgan fingerprint density at radius 1 is 1.21 bits per heavy atom. The van der Waals surface area contributed by atoms with Gasteiger partial charge >= 0.3 is 0 Å². The van der Waals surface area contributed by atoms with Gasteiger partial charge in [-0.25, -0.2) is 4.39 Å². The summed E-state index contributed by atoms with van der Waals surface area (Å²) in [6, 6.07) is 6.38. The molecule has 5 nitrogen and oxygen atoms in total. The number of aliphatic imine (C=N–C) groups is 1. The van der Waals surface area contributed by atoms with Crippen molar-refractivity contribution in [1.29, 1.82) is 0 Å². The van der Waals surface area contributed by atoms with E-state index in [4.69, 9.17) is 0 Å². The second kappa shape index (κ2) is 12.0. The van der Waals surface area contributed by atoms with E-state index >= 15 is 0 Å². The van der Waals surface area contributed by atoms with Crippen molar-refractivity contribution < 1.29 is 9.18 Å². The summed E-state index contributed by atoms with van der Waals surface area (Å²) in [5.74, 6) is 0.757. The van der Waals surface area contributed by atoms with Crippen molar-refractivity contribution in [1.82, 2.24) is 16.0 Å². The van der Waals surface area contributed by atoms with Crippen molar-refractivity contribution >= 4 is 35.8 Å². The number of halogens is 2. The molecule has 0 radical (unpaired) electrons. The molecule has 7 heteroatoms. The fourth-order valence-electron chi connectivity index (χ4n) is 1.85. The number of nitrogens with one attached hydrogen (secondary N) is 3.